The van der Waals surface area contributed by atoms with Gasteiger partial charge in [-0.1, -0.05) is 48.7 Å². The van der Waals surface area contributed by atoms with Crippen molar-refractivity contribution in [2.45, 2.75) is 33.6 Å². The maximum atomic E-state index is 4.87. The van der Waals surface area contributed by atoms with Gasteiger partial charge in [-0.05, 0) is 50.1 Å². The lowest BCUT2D eigenvalue weighted by molar-refractivity contribution is 0.928. The second-order valence-electron chi connectivity index (χ2n) is 5.81. The first-order valence-electron chi connectivity index (χ1n) is 7.64. The van der Waals surface area contributed by atoms with E-state index in [2.05, 4.69) is 69.3 Å². The zero-order chi connectivity index (χ0) is 14.8. The maximum absolute atomic E-state index is 4.87. The SMILES string of the molecule is CCCc1cc(-c2cc(C)cc(C)c2)nc2ccccc12. The molecule has 0 aliphatic carbocycles. The second kappa shape index (κ2) is 5.69. The van der Waals surface area contributed by atoms with Gasteiger partial charge in [-0.15, -0.1) is 0 Å². The Morgan fingerprint density at radius 3 is 2.33 bits per heavy atom. The number of pyridine rings is 1. The van der Waals surface area contributed by atoms with Gasteiger partial charge in [-0.3, -0.25) is 0 Å². The van der Waals surface area contributed by atoms with E-state index in [0.717, 1.165) is 24.1 Å². The van der Waals surface area contributed by atoms with Crippen molar-refractivity contribution in [1.82, 2.24) is 4.98 Å². The highest BCUT2D eigenvalue weighted by atomic mass is 14.7. The summed E-state index contributed by atoms with van der Waals surface area (Å²) in [6.45, 7) is 6.51. The molecular formula is C20H21N. The molecule has 1 heteroatoms. The van der Waals surface area contributed by atoms with E-state index in [1.165, 1.54) is 27.6 Å². The summed E-state index contributed by atoms with van der Waals surface area (Å²) in [7, 11) is 0. The number of aromatic nitrogens is 1. The van der Waals surface area contributed by atoms with Crippen molar-refractivity contribution in [3.63, 3.8) is 0 Å². The van der Waals surface area contributed by atoms with E-state index in [1.54, 1.807) is 0 Å². The molecule has 1 aromatic heterocycles. The van der Waals surface area contributed by atoms with Crippen molar-refractivity contribution in [2.24, 2.45) is 0 Å². The molecule has 0 saturated heterocycles. The molecule has 21 heavy (non-hydrogen) atoms. The van der Waals surface area contributed by atoms with Gasteiger partial charge in [0.25, 0.3) is 0 Å². The summed E-state index contributed by atoms with van der Waals surface area (Å²) in [5.41, 5.74) is 7.38. The summed E-state index contributed by atoms with van der Waals surface area (Å²) in [6, 6.07) is 17.4. The third-order valence-corrected chi connectivity index (χ3v) is 3.84. The van der Waals surface area contributed by atoms with Crippen LogP contribution in [-0.4, -0.2) is 4.98 Å². The smallest absolute Gasteiger partial charge is 0.0712 e. The Bertz CT molecular complexity index is 767. The summed E-state index contributed by atoms with van der Waals surface area (Å²) >= 11 is 0. The Labute approximate surface area is 126 Å². The number of aryl methyl sites for hydroxylation is 3. The predicted octanol–water partition coefficient (Wildman–Crippen LogP) is 5.47. The fourth-order valence-corrected chi connectivity index (χ4v) is 2.99. The minimum atomic E-state index is 1.09. The fraction of sp³-hybridized carbons (Fsp3) is 0.250. The van der Waals surface area contributed by atoms with Crippen LogP contribution in [0.4, 0.5) is 0 Å². The maximum Gasteiger partial charge on any atom is 0.0712 e. The lowest BCUT2D eigenvalue weighted by Gasteiger charge is -2.10. The number of fused-ring (bicyclic) bond motifs is 1. The van der Waals surface area contributed by atoms with Crippen LogP contribution in [0.3, 0.4) is 0 Å². The van der Waals surface area contributed by atoms with Gasteiger partial charge in [-0.2, -0.15) is 0 Å². The number of benzene rings is 2. The molecule has 0 atom stereocenters. The Morgan fingerprint density at radius 1 is 0.905 bits per heavy atom. The van der Waals surface area contributed by atoms with E-state index in [-0.39, 0.29) is 0 Å². The molecule has 0 amide bonds. The molecule has 0 unspecified atom stereocenters. The standard InChI is InChI=1S/C20H21N/c1-4-7-16-13-20(17-11-14(2)10-15(3)12-17)21-19-9-6-5-8-18(16)19/h5-6,8-13H,4,7H2,1-3H3. The quantitative estimate of drug-likeness (QED) is 0.617. The number of hydrogen-bond donors (Lipinski definition) is 0. The van der Waals surface area contributed by atoms with E-state index in [0.29, 0.717) is 0 Å². The van der Waals surface area contributed by atoms with E-state index < -0.39 is 0 Å². The summed E-state index contributed by atoms with van der Waals surface area (Å²) in [4.78, 5) is 4.87. The Hall–Kier alpha value is -2.15. The zero-order valence-electron chi connectivity index (χ0n) is 13.0. The number of para-hydroxylation sites is 1. The first kappa shape index (κ1) is 13.8. The normalized spacial score (nSPS) is 11.0. The first-order chi connectivity index (χ1) is 10.2. The lowest BCUT2D eigenvalue weighted by atomic mass is 9.99. The van der Waals surface area contributed by atoms with Crippen LogP contribution in [0.15, 0.2) is 48.5 Å². The average Bonchev–Trinajstić information content (AvgIpc) is 2.46. The van der Waals surface area contributed by atoms with Crippen LogP contribution >= 0.6 is 0 Å². The molecule has 1 nitrogen and oxygen atoms in total. The molecule has 0 aliphatic rings. The molecule has 3 rings (SSSR count). The van der Waals surface area contributed by atoms with Gasteiger partial charge in [0.15, 0.2) is 0 Å². The van der Waals surface area contributed by atoms with Gasteiger partial charge < -0.3 is 0 Å². The third kappa shape index (κ3) is 2.82. The summed E-state index contributed by atoms with van der Waals surface area (Å²) in [5, 5.41) is 1.28. The Kier molecular flexibility index (Phi) is 3.74. The minimum Gasteiger partial charge on any atom is -0.248 e. The lowest BCUT2D eigenvalue weighted by Crippen LogP contribution is -1.93. The number of nitrogens with zero attached hydrogens (tertiary/aromatic N) is 1. The topological polar surface area (TPSA) is 12.9 Å². The van der Waals surface area contributed by atoms with Crippen molar-refractivity contribution in [3.8, 4) is 11.3 Å². The van der Waals surface area contributed by atoms with Crippen molar-refractivity contribution in [1.29, 1.82) is 0 Å². The van der Waals surface area contributed by atoms with E-state index in [1.807, 2.05) is 0 Å². The number of rotatable bonds is 3. The van der Waals surface area contributed by atoms with Crippen molar-refractivity contribution in [2.75, 3.05) is 0 Å². The van der Waals surface area contributed by atoms with Gasteiger partial charge in [0.05, 0.1) is 11.2 Å². The molecule has 0 radical (unpaired) electrons. The van der Waals surface area contributed by atoms with E-state index in [4.69, 9.17) is 4.98 Å². The Balaban J connectivity index is 2.22. The third-order valence-electron chi connectivity index (χ3n) is 3.84. The van der Waals surface area contributed by atoms with Gasteiger partial charge in [-0.25, -0.2) is 4.98 Å². The Morgan fingerprint density at radius 2 is 1.62 bits per heavy atom. The summed E-state index contributed by atoms with van der Waals surface area (Å²) in [5.74, 6) is 0. The molecule has 0 fully saturated rings. The van der Waals surface area contributed by atoms with E-state index in [9.17, 15) is 0 Å². The van der Waals surface area contributed by atoms with Crippen molar-refractivity contribution in [3.05, 3.63) is 65.2 Å². The largest absolute Gasteiger partial charge is 0.248 e. The molecule has 1 heterocycles. The fourth-order valence-electron chi connectivity index (χ4n) is 2.99. The monoisotopic (exact) mass is 275 g/mol. The molecular weight excluding hydrogens is 254 g/mol. The van der Waals surface area contributed by atoms with Crippen LogP contribution in [0.25, 0.3) is 22.2 Å². The molecule has 106 valence electrons. The number of hydrogen-bond acceptors (Lipinski definition) is 1. The molecule has 0 spiro atoms. The highest BCUT2D eigenvalue weighted by Gasteiger charge is 2.07. The van der Waals surface area contributed by atoms with Gasteiger partial charge >= 0.3 is 0 Å². The minimum absolute atomic E-state index is 1.09. The zero-order valence-corrected chi connectivity index (χ0v) is 13.0. The molecule has 0 saturated carbocycles. The van der Waals surface area contributed by atoms with Crippen molar-refractivity contribution >= 4 is 10.9 Å². The molecule has 2 aromatic carbocycles. The van der Waals surface area contributed by atoms with Crippen molar-refractivity contribution < 1.29 is 0 Å². The van der Waals surface area contributed by atoms with Gasteiger partial charge in [0, 0.05) is 10.9 Å². The van der Waals surface area contributed by atoms with Crippen LogP contribution in [0.1, 0.15) is 30.0 Å². The van der Waals surface area contributed by atoms with Crippen LogP contribution in [0.2, 0.25) is 0 Å². The predicted molar refractivity (Wildman–Crippen MR) is 90.6 cm³/mol. The first-order valence-corrected chi connectivity index (χ1v) is 7.64. The van der Waals surface area contributed by atoms with E-state index >= 15 is 0 Å². The molecule has 0 N–H and O–H groups in total. The second-order valence-corrected chi connectivity index (χ2v) is 5.81. The summed E-state index contributed by atoms with van der Waals surface area (Å²) < 4.78 is 0. The average molecular weight is 275 g/mol. The van der Waals surface area contributed by atoms with Crippen LogP contribution in [-0.2, 0) is 6.42 Å². The summed E-state index contributed by atoms with van der Waals surface area (Å²) in [6.07, 6.45) is 2.25. The van der Waals surface area contributed by atoms with Gasteiger partial charge in [0.1, 0.15) is 0 Å². The van der Waals surface area contributed by atoms with Gasteiger partial charge in [0.2, 0.25) is 0 Å². The van der Waals surface area contributed by atoms with Crippen LogP contribution in [0.5, 0.6) is 0 Å². The highest BCUT2D eigenvalue weighted by Crippen LogP contribution is 2.27. The highest BCUT2D eigenvalue weighted by molar-refractivity contribution is 5.85. The molecule has 3 aromatic rings. The molecule has 0 bridgehead atoms. The molecule has 0 aliphatic heterocycles. The van der Waals surface area contributed by atoms with Crippen LogP contribution < -0.4 is 0 Å². The van der Waals surface area contributed by atoms with Crippen LogP contribution in [0, 0.1) is 13.8 Å².